The standard InChI is InChI=1S/C18H31N3O/c1-2-11-21-16-9-6-10-17(21)13-15(12-16)20-18(22)19-14-7-4-3-5-8-14/h2,14-17H,1,3-13H2,(H2,19,20,22). The van der Waals surface area contributed by atoms with Crippen molar-refractivity contribution < 1.29 is 4.79 Å². The van der Waals surface area contributed by atoms with Crippen molar-refractivity contribution in [3.8, 4) is 0 Å². The van der Waals surface area contributed by atoms with Gasteiger partial charge in [-0.25, -0.2) is 4.79 Å². The summed E-state index contributed by atoms with van der Waals surface area (Å²) in [7, 11) is 0. The number of hydrogen-bond acceptors (Lipinski definition) is 2. The van der Waals surface area contributed by atoms with E-state index in [2.05, 4.69) is 22.1 Å². The van der Waals surface area contributed by atoms with Crippen molar-refractivity contribution in [2.24, 2.45) is 0 Å². The lowest BCUT2D eigenvalue weighted by molar-refractivity contribution is 0.0370. The van der Waals surface area contributed by atoms with Crippen LogP contribution in [0.5, 0.6) is 0 Å². The Morgan fingerprint density at radius 1 is 0.955 bits per heavy atom. The van der Waals surface area contributed by atoms with E-state index in [-0.39, 0.29) is 6.03 Å². The molecule has 2 atom stereocenters. The number of carbonyl (C=O) groups excluding carboxylic acids is 1. The summed E-state index contributed by atoms with van der Waals surface area (Å²) >= 11 is 0. The molecular weight excluding hydrogens is 274 g/mol. The molecule has 124 valence electrons. The predicted octanol–water partition coefficient (Wildman–Crippen LogP) is 3.19. The van der Waals surface area contributed by atoms with E-state index >= 15 is 0 Å². The van der Waals surface area contributed by atoms with Crippen LogP contribution >= 0.6 is 0 Å². The van der Waals surface area contributed by atoms with Gasteiger partial charge in [0.2, 0.25) is 0 Å². The Morgan fingerprint density at radius 3 is 2.23 bits per heavy atom. The Kier molecular flexibility index (Phi) is 5.40. The first-order valence-electron chi connectivity index (χ1n) is 9.20. The van der Waals surface area contributed by atoms with Crippen LogP contribution in [-0.2, 0) is 0 Å². The second kappa shape index (κ2) is 7.49. The maximum atomic E-state index is 12.3. The van der Waals surface area contributed by atoms with E-state index in [1.165, 1.54) is 38.5 Å². The van der Waals surface area contributed by atoms with E-state index in [0.717, 1.165) is 32.2 Å². The van der Waals surface area contributed by atoms with Gasteiger partial charge in [-0.3, -0.25) is 4.90 Å². The summed E-state index contributed by atoms with van der Waals surface area (Å²) in [6.07, 6.45) is 14.2. The molecule has 1 aliphatic carbocycles. The van der Waals surface area contributed by atoms with Gasteiger partial charge in [0.25, 0.3) is 0 Å². The molecule has 2 aliphatic heterocycles. The average molecular weight is 305 g/mol. The molecule has 3 rings (SSSR count). The topological polar surface area (TPSA) is 44.4 Å². The highest BCUT2D eigenvalue weighted by Gasteiger charge is 2.38. The van der Waals surface area contributed by atoms with E-state index in [4.69, 9.17) is 0 Å². The average Bonchev–Trinajstić information content (AvgIpc) is 2.49. The number of hydrogen-bond donors (Lipinski definition) is 2. The lowest BCUT2D eigenvalue weighted by Crippen LogP contribution is -2.58. The molecule has 22 heavy (non-hydrogen) atoms. The number of nitrogens with one attached hydrogen (secondary N) is 2. The molecule has 2 heterocycles. The van der Waals surface area contributed by atoms with Crippen LogP contribution in [0, 0.1) is 0 Å². The normalized spacial score (nSPS) is 33.2. The maximum Gasteiger partial charge on any atom is 0.315 e. The number of rotatable bonds is 4. The predicted molar refractivity (Wildman–Crippen MR) is 89.9 cm³/mol. The molecule has 0 aromatic carbocycles. The third-order valence-corrected chi connectivity index (χ3v) is 5.74. The molecule has 0 radical (unpaired) electrons. The van der Waals surface area contributed by atoms with Gasteiger partial charge in [0.1, 0.15) is 0 Å². The zero-order chi connectivity index (χ0) is 15.4. The Morgan fingerprint density at radius 2 is 1.59 bits per heavy atom. The van der Waals surface area contributed by atoms with Gasteiger partial charge in [-0.2, -0.15) is 0 Å². The van der Waals surface area contributed by atoms with Crippen LogP contribution < -0.4 is 10.6 Å². The highest BCUT2D eigenvalue weighted by molar-refractivity contribution is 5.74. The number of fused-ring (bicyclic) bond motifs is 2. The van der Waals surface area contributed by atoms with Crippen LogP contribution in [-0.4, -0.2) is 41.6 Å². The second-order valence-electron chi connectivity index (χ2n) is 7.35. The fraction of sp³-hybridized carbons (Fsp3) is 0.833. The van der Waals surface area contributed by atoms with Gasteiger partial charge in [0, 0.05) is 30.7 Å². The molecule has 3 aliphatic rings. The first-order valence-corrected chi connectivity index (χ1v) is 9.20. The Bertz CT molecular complexity index is 378. The van der Waals surface area contributed by atoms with Crippen LogP contribution in [0.25, 0.3) is 0 Å². The largest absolute Gasteiger partial charge is 0.335 e. The van der Waals surface area contributed by atoms with Crippen molar-refractivity contribution in [1.82, 2.24) is 15.5 Å². The van der Waals surface area contributed by atoms with Gasteiger partial charge in [-0.15, -0.1) is 6.58 Å². The highest BCUT2D eigenvalue weighted by atomic mass is 16.2. The number of carbonyl (C=O) groups is 1. The lowest BCUT2D eigenvalue weighted by Gasteiger charge is -2.48. The summed E-state index contributed by atoms with van der Waals surface area (Å²) in [5.74, 6) is 0. The first kappa shape index (κ1) is 15.9. The van der Waals surface area contributed by atoms with Gasteiger partial charge in [-0.05, 0) is 38.5 Å². The van der Waals surface area contributed by atoms with Crippen LogP contribution in [0.15, 0.2) is 12.7 Å². The smallest absolute Gasteiger partial charge is 0.315 e. The fourth-order valence-electron chi connectivity index (χ4n) is 4.70. The molecule has 2 amide bonds. The SMILES string of the molecule is C=CCN1C2CCCC1CC(NC(=O)NC1CCCCC1)C2. The molecule has 2 bridgehead atoms. The number of urea groups is 1. The van der Waals surface area contributed by atoms with Crippen LogP contribution in [0.2, 0.25) is 0 Å². The van der Waals surface area contributed by atoms with Crippen molar-refractivity contribution in [3.05, 3.63) is 12.7 Å². The molecule has 1 saturated carbocycles. The van der Waals surface area contributed by atoms with Crippen molar-refractivity contribution >= 4 is 6.03 Å². The van der Waals surface area contributed by atoms with E-state index in [1.807, 2.05) is 6.08 Å². The van der Waals surface area contributed by atoms with Crippen molar-refractivity contribution in [3.63, 3.8) is 0 Å². The van der Waals surface area contributed by atoms with Gasteiger partial charge < -0.3 is 10.6 Å². The minimum atomic E-state index is 0.0622. The molecule has 0 aromatic rings. The van der Waals surface area contributed by atoms with Gasteiger partial charge >= 0.3 is 6.03 Å². The summed E-state index contributed by atoms with van der Waals surface area (Å²) < 4.78 is 0. The molecule has 0 aromatic heterocycles. The third kappa shape index (κ3) is 3.83. The summed E-state index contributed by atoms with van der Waals surface area (Å²) in [5.41, 5.74) is 0. The van der Waals surface area contributed by atoms with E-state index in [1.54, 1.807) is 0 Å². The van der Waals surface area contributed by atoms with Crippen molar-refractivity contribution in [2.45, 2.75) is 88.4 Å². The summed E-state index contributed by atoms with van der Waals surface area (Å²) in [6, 6.07) is 2.07. The maximum absolute atomic E-state index is 12.3. The van der Waals surface area contributed by atoms with E-state index in [0.29, 0.717) is 24.2 Å². The Labute approximate surface area is 134 Å². The number of amides is 2. The zero-order valence-corrected chi connectivity index (χ0v) is 13.7. The monoisotopic (exact) mass is 305 g/mol. The molecular formula is C18H31N3O. The van der Waals surface area contributed by atoms with Gasteiger partial charge in [-0.1, -0.05) is 31.8 Å². The minimum Gasteiger partial charge on any atom is -0.335 e. The molecule has 2 unspecified atom stereocenters. The van der Waals surface area contributed by atoms with Crippen LogP contribution in [0.4, 0.5) is 4.79 Å². The molecule has 2 N–H and O–H groups in total. The van der Waals surface area contributed by atoms with Crippen LogP contribution in [0.3, 0.4) is 0 Å². The number of nitrogens with zero attached hydrogens (tertiary/aromatic N) is 1. The van der Waals surface area contributed by atoms with Crippen molar-refractivity contribution in [1.29, 1.82) is 0 Å². The third-order valence-electron chi connectivity index (χ3n) is 5.74. The Hall–Kier alpha value is -1.03. The summed E-state index contributed by atoms with van der Waals surface area (Å²) in [5, 5.41) is 6.44. The van der Waals surface area contributed by atoms with Gasteiger partial charge in [0.15, 0.2) is 0 Å². The zero-order valence-electron chi connectivity index (χ0n) is 13.7. The Balaban J connectivity index is 1.49. The molecule has 2 saturated heterocycles. The summed E-state index contributed by atoms with van der Waals surface area (Å²) in [6.45, 7) is 4.89. The molecule has 4 heteroatoms. The molecule has 0 spiro atoms. The molecule has 4 nitrogen and oxygen atoms in total. The minimum absolute atomic E-state index is 0.0622. The number of piperidine rings is 2. The summed E-state index contributed by atoms with van der Waals surface area (Å²) in [4.78, 5) is 14.9. The van der Waals surface area contributed by atoms with Crippen molar-refractivity contribution in [2.75, 3.05) is 6.54 Å². The lowest BCUT2D eigenvalue weighted by atomic mass is 9.82. The first-order chi connectivity index (χ1) is 10.8. The second-order valence-corrected chi connectivity index (χ2v) is 7.35. The molecule has 3 fully saturated rings. The quantitative estimate of drug-likeness (QED) is 0.784. The van der Waals surface area contributed by atoms with Crippen LogP contribution in [0.1, 0.15) is 64.2 Å². The fourth-order valence-corrected chi connectivity index (χ4v) is 4.70. The van der Waals surface area contributed by atoms with E-state index < -0.39 is 0 Å². The van der Waals surface area contributed by atoms with Gasteiger partial charge in [0.05, 0.1) is 0 Å². The van der Waals surface area contributed by atoms with E-state index in [9.17, 15) is 4.79 Å². The highest BCUT2D eigenvalue weighted by Crippen LogP contribution is 2.33.